The van der Waals surface area contributed by atoms with Gasteiger partial charge in [-0.05, 0) is 43.5 Å². The largest absolute Gasteiger partial charge is 0.391 e. The monoisotopic (exact) mass is 511 g/mol. The van der Waals surface area contributed by atoms with Crippen LogP contribution < -0.4 is 5.56 Å². The highest BCUT2D eigenvalue weighted by Crippen LogP contribution is 2.37. The van der Waals surface area contributed by atoms with E-state index >= 15 is 0 Å². The molecule has 1 fully saturated rings. The molecule has 4 rings (SSSR count). The number of aromatic nitrogens is 2. The maximum absolute atomic E-state index is 12.7. The van der Waals surface area contributed by atoms with Gasteiger partial charge in [-0.2, -0.15) is 13.2 Å². The van der Waals surface area contributed by atoms with Crippen molar-refractivity contribution in [2.75, 3.05) is 6.54 Å². The smallest absolute Gasteiger partial charge is 0.338 e. The lowest BCUT2D eigenvalue weighted by atomic mass is 9.89. The average Bonchev–Trinajstić information content (AvgIpc) is 2.83. The molecule has 35 heavy (non-hydrogen) atoms. The average molecular weight is 512 g/mol. The molecule has 2 aromatic rings. The third-order valence-electron chi connectivity index (χ3n) is 6.76. The van der Waals surface area contributed by atoms with Crippen LogP contribution in [0.2, 0.25) is 5.02 Å². The summed E-state index contributed by atoms with van der Waals surface area (Å²) in [5.41, 5.74) is 2.11. The van der Waals surface area contributed by atoms with Crippen molar-refractivity contribution >= 4 is 17.5 Å². The third-order valence-corrected chi connectivity index (χ3v) is 7.01. The number of hydrogen-bond donors (Lipinski definition) is 1. The van der Waals surface area contributed by atoms with Gasteiger partial charge in [0, 0.05) is 30.0 Å². The minimum atomic E-state index is -3.93. The van der Waals surface area contributed by atoms with Crippen LogP contribution in [0.1, 0.15) is 82.4 Å². The van der Waals surface area contributed by atoms with Crippen molar-refractivity contribution < 1.29 is 18.0 Å². The van der Waals surface area contributed by atoms with Crippen molar-refractivity contribution in [3.8, 4) is 11.4 Å². The molecule has 1 unspecified atom stereocenters. The molecule has 1 aliphatic heterocycles. The Labute approximate surface area is 209 Å². The van der Waals surface area contributed by atoms with E-state index in [-0.39, 0.29) is 17.4 Å². The first kappa shape index (κ1) is 27.2. The van der Waals surface area contributed by atoms with Crippen LogP contribution in [-0.4, -0.2) is 33.5 Å². The Morgan fingerprint density at radius 2 is 1.83 bits per heavy atom. The normalized spacial score (nSPS) is 18.5. The fourth-order valence-corrected chi connectivity index (χ4v) is 4.83. The molecule has 1 saturated carbocycles. The summed E-state index contributed by atoms with van der Waals surface area (Å²) in [4.78, 5) is 33.9. The molecule has 0 spiro atoms. The van der Waals surface area contributed by atoms with Gasteiger partial charge in [0.1, 0.15) is 5.82 Å². The van der Waals surface area contributed by atoms with Gasteiger partial charge in [-0.25, -0.2) is 4.98 Å². The van der Waals surface area contributed by atoms with E-state index in [1.165, 1.54) is 0 Å². The van der Waals surface area contributed by atoms with Crippen LogP contribution in [0, 0.1) is 5.92 Å². The van der Waals surface area contributed by atoms with Gasteiger partial charge in [-0.3, -0.25) is 9.59 Å². The molecular formula is C26H33ClF3N3O2. The van der Waals surface area contributed by atoms with Gasteiger partial charge >= 0.3 is 6.18 Å². The van der Waals surface area contributed by atoms with Gasteiger partial charge < -0.3 is 9.88 Å². The van der Waals surface area contributed by atoms with E-state index in [0.717, 1.165) is 49.8 Å². The summed E-state index contributed by atoms with van der Waals surface area (Å²) in [5, 5.41) is 0.641. The fraction of sp³-hybridized carbons (Fsp3) is 0.577. The summed E-state index contributed by atoms with van der Waals surface area (Å²) >= 11 is 5.94. The number of fused-ring (bicyclic) bond motifs is 1. The van der Waals surface area contributed by atoms with Gasteiger partial charge in [-0.15, -0.1) is 0 Å². The summed E-state index contributed by atoms with van der Waals surface area (Å²) in [6.07, 6.45) is 2.29. The van der Waals surface area contributed by atoms with Gasteiger partial charge in [0.2, 0.25) is 5.91 Å². The first-order valence-corrected chi connectivity index (χ1v) is 12.7. The molecule has 1 amide bonds. The Balaban J connectivity index is 0.000000287. The van der Waals surface area contributed by atoms with Crippen molar-refractivity contribution in [3.05, 3.63) is 50.9 Å². The van der Waals surface area contributed by atoms with Crippen molar-refractivity contribution in [1.82, 2.24) is 14.9 Å². The number of amides is 1. The number of carbonyl (C=O) groups is 1. The predicted molar refractivity (Wildman–Crippen MR) is 131 cm³/mol. The zero-order chi connectivity index (χ0) is 25.6. The molecule has 1 aliphatic carbocycles. The Morgan fingerprint density at radius 1 is 1.17 bits per heavy atom. The zero-order valence-electron chi connectivity index (χ0n) is 20.3. The number of unbranched alkanes of at least 4 members (excludes halogenated alkanes) is 1. The fourth-order valence-electron chi connectivity index (χ4n) is 4.71. The molecule has 192 valence electrons. The van der Waals surface area contributed by atoms with E-state index < -0.39 is 12.1 Å². The highest BCUT2D eigenvalue weighted by Gasteiger charge is 2.39. The number of alkyl halides is 3. The van der Waals surface area contributed by atoms with E-state index in [9.17, 15) is 22.8 Å². The number of hydrogen-bond acceptors (Lipinski definition) is 3. The summed E-state index contributed by atoms with van der Waals surface area (Å²) < 4.78 is 35.8. The van der Waals surface area contributed by atoms with Crippen molar-refractivity contribution in [2.24, 2.45) is 5.92 Å². The Hall–Kier alpha value is -2.35. The molecular weight excluding hydrogens is 479 g/mol. The molecule has 1 aromatic heterocycles. The summed E-state index contributed by atoms with van der Waals surface area (Å²) in [6, 6.07) is 7.25. The maximum Gasteiger partial charge on any atom is 0.391 e. The van der Waals surface area contributed by atoms with Crippen molar-refractivity contribution in [1.29, 1.82) is 0 Å². The number of nitrogens with one attached hydrogen (secondary N) is 1. The van der Waals surface area contributed by atoms with Gasteiger partial charge in [0.05, 0.1) is 23.7 Å². The molecule has 5 nitrogen and oxygen atoms in total. The van der Waals surface area contributed by atoms with Crippen molar-refractivity contribution in [2.45, 2.75) is 83.9 Å². The lowest BCUT2D eigenvalue weighted by molar-refractivity contribution is -0.181. The van der Waals surface area contributed by atoms with Crippen LogP contribution in [0.15, 0.2) is 29.1 Å². The molecule has 2 heterocycles. The van der Waals surface area contributed by atoms with E-state index in [1.807, 2.05) is 12.1 Å². The second kappa shape index (κ2) is 12.1. The molecule has 2 aliphatic rings. The number of H-pyrrole nitrogens is 1. The van der Waals surface area contributed by atoms with Crippen LogP contribution in [-0.2, 0) is 11.3 Å². The van der Waals surface area contributed by atoms with E-state index in [4.69, 9.17) is 16.6 Å². The molecule has 9 heteroatoms. The van der Waals surface area contributed by atoms with Crippen LogP contribution >= 0.6 is 11.6 Å². The highest BCUT2D eigenvalue weighted by molar-refractivity contribution is 6.30. The van der Waals surface area contributed by atoms with Crippen LogP contribution in [0.4, 0.5) is 13.2 Å². The topological polar surface area (TPSA) is 66.1 Å². The number of nitrogens with zero attached hydrogens (tertiary/aromatic N) is 2. The standard InChI is InChI=1S/C19H22ClN3O2.C7H11F3/c1-3-4-5-14-10-23(12(2)24)11-16-17(14)21-18(22-19(16)25)13-6-8-15(20)9-7-13;8-7(9,10)6-4-2-1-3-5-6/h6-9,14H,3-5,10-11H2,1-2H3,(H,21,22,25);6H,1-5H2. The van der Waals surface area contributed by atoms with Gasteiger partial charge in [-0.1, -0.05) is 50.6 Å². The molecule has 0 bridgehead atoms. The lowest BCUT2D eigenvalue weighted by Crippen LogP contribution is -2.40. The third kappa shape index (κ3) is 7.32. The Kier molecular flexibility index (Phi) is 9.39. The quantitative estimate of drug-likeness (QED) is 0.488. The highest BCUT2D eigenvalue weighted by atomic mass is 35.5. The Bertz CT molecular complexity index is 1050. The molecule has 0 saturated heterocycles. The zero-order valence-corrected chi connectivity index (χ0v) is 21.0. The van der Waals surface area contributed by atoms with E-state index in [0.29, 0.717) is 42.3 Å². The van der Waals surface area contributed by atoms with Gasteiger partial charge in [0.15, 0.2) is 0 Å². The molecule has 1 aromatic carbocycles. The van der Waals surface area contributed by atoms with Crippen LogP contribution in [0.25, 0.3) is 11.4 Å². The second-order valence-electron chi connectivity index (χ2n) is 9.40. The predicted octanol–water partition coefficient (Wildman–Crippen LogP) is 6.86. The van der Waals surface area contributed by atoms with Crippen LogP contribution in [0.5, 0.6) is 0 Å². The number of benzene rings is 1. The number of rotatable bonds is 4. The van der Waals surface area contributed by atoms with E-state index in [2.05, 4.69) is 11.9 Å². The maximum atomic E-state index is 12.7. The molecule has 0 radical (unpaired) electrons. The second-order valence-corrected chi connectivity index (χ2v) is 9.84. The van der Waals surface area contributed by atoms with Crippen molar-refractivity contribution in [3.63, 3.8) is 0 Å². The molecule has 1 N–H and O–H groups in total. The number of halogens is 4. The minimum absolute atomic E-state index is 0.00618. The SMILES string of the molecule is CCCCC1CN(C(C)=O)Cc2c1nc(-c1ccc(Cl)cc1)[nH]c2=O.FC(F)(F)C1CCCCC1. The first-order valence-electron chi connectivity index (χ1n) is 12.3. The van der Waals surface area contributed by atoms with E-state index in [1.54, 1.807) is 24.0 Å². The Morgan fingerprint density at radius 3 is 2.37 bits per heavy atom. The van der Waals surface area contributed by atoms with Gasteiger partial charge in [0.25, 0.3) is 5.56 Å². The summed E-state index contributed by atoms with van der Waals surface area (Å²) in [6.45, 7) is 4.64. The summed E-state index contributed by atoms with van der Waals surface area (Å²) in [7, 11) is 0. The minimum Gasteiger partial charge on any atom is -0.338 e. The number of aromatic amines is 1. The number of carbonyl (C=O) groups excluding carboxylic acids is 1. The molecule has 1 atom stereocenters. The first-order chi connectivity index (χ1) is 16.6. The lowest BCUT2D eigenvalue weighted by Gasteiger charge is -2.33. The van der Waals surface area contributed by atoms with Crippen LogP contribution in [0.3, 0.4) is 0 Å². The summed E-state index contributed by atoms with van der Waals surface area (Å²) in [5.74, 6) is -0.353.